The minimum atomic E-state index is -1.28. The minimum absolute atomic E-state index is 0. The van der Waals surface area contributed by atoms with Crippen LogP contribution in [-0.4, -0.2) is 23.8 Å². The molecule has 0 spiro atoms. The SMILES string of the molecule is O=C([O-])c1ncc[nH]1.[BH3-]C#N.[CH-]=C.[Mn+3]. The number of imidazole rings is 1. The Kier molecular flexibility index (Phi) is 18.4. The first-order chi connectivity index (χ1) is 6.22. The number of aromatic nitrogens is 2. The van der Waals surface area contributed by atoms with Crippen molar-refractivity contribution < 1.29 is 27.0 Å². The fraction of sp³-hybridized carbons (Fsp3) is 0. The van der Waals surface area contributed by atoms with E-state index in [0.29, 0.717) is 0 Å². The molecule has 0 atom stereocenters. The van der Waals surface area contributed by atoms with Crippen LogP contribution in [0.3, 0.4) is 0 Å². The molecule has 5 nitrogen and oxygen atoms in total. The molecule has 0 aliphatic heterocycles. The van der Waals surface area contributed by atoms with Crippen LogP contribution in [0, 0.1) is 17.8 Å². The Balaban J connectivity index is -0.000000176. The van der Waals surface area contributed by atoms with Gasteiger partial charge in [0.2, 0.25) is 0 Å². The van der Waals surface area contributed by atoms with Crippen molar-refractivity contribution in [3.05, 3.63) is 31.4 Å². The molecule has 74 valence electrons. The van der Waals surface area contributed by atoms with Crippen LogP contribution in [0.2, 0.25) is 0 Å². The topological polar surface area (TPSA) is 92.6 Å². The molecule has 0 saturated carbocycles. The fourth-order valence-electron chi connectivity index (χ4n) is 0.377. The normalized spacial score (nSPS) is 6.00. The molecule has 0 aliphatic rings. The van der Waals surface area contributed by atoms with Crippen molar-refractivity contribution >= 4 is 13.8 Å². The summed E-state index contributed by atoms with van der Waals surface area (Å²) in [6.07, 6.45) is 2.77. The average Bonchev–Trinajstić information content (AvgIpc) is 2.61. The summed E-state index contributed by atoms with van der Waals surface area (Å²) in [4.78, 5) is 15.6. The summed E-state index contributed by atoms with van der Waals surface area (Å²) < 4.78 is 0. The largest absolute Gasteiger partial charge is 3.00 e. The number of aromatic carboxylic acids is 1. The van der Waals surface area contributed by atoms with Gasteiger partial charge in [-0.25, -0.2) is 4.98 Å². The smallest absolute Gasteiger partial charge is 0.542 e. The van der Waals surface area contributed by atoms with Gasteiger partial charge in [-0.3, -0.25) is 11.8 Å². The summed E-state index contributed by atoms with van der Waals surface area (Å²) in [5, 5.41) is 17.3. The number of nitriles is 1. The predicted octanol–water partition coefficient (Wildman–Crippen LogP) is -1.79. The molecule has 1 heterocycles. The van der Waals surface area contributed by atoms with Gasteiger partial charge in [0.25, 0.3) is 0 Å². The zero-order chi connectivity index (χ0) is 10.7. The molecular formula is C7H9BMnN3O2. The molecule has 1 rings (SSSR count). The third kappa shape index (κ3) is 10.5. The van der Waals surface area contributed by atoms with E-state index in [1.54, 1.807) is 0 Å². The second-order valence-electron chi connectivity index (χ2n) is 1.23. The maximum atomic E-state index is 9.86. The molecule has 0 radical (unpaired) electrons. The summed E-state index contributed by atoms with van der Waals surface area (Å²) in [5.74, 6) is 0.583. The molecule has 1 aromatic rings. The number of aromatic amines is 1. The monoisotopic (exact) mass is 233 g/mol. The van der Waals surface area contributed by atoms with Gasteiger partial charge < -0.3 is 21.5 Å². The molecule has 0 amide bonds. The van der Waals surface area contributed by atoms with Gasteiger partial charge in [0.1, 0.15) is 5.97 Å². The van der Waals surface area contributed by atoms with Crippen LogP contribution < -0.4 is 5.11 Å². The zero-order valence-corrected chi connectivity index (χ0v) is 7.71. The number of nitrogens with one attached hydrogen (secondary N) is 1. The minimum Gasteiger partial charge on any atom is -0.542 e. The standard InChI is InChI=1S/C4H4N2O2.C2H3.CH3BN.Mn/c7-4(8)3-5-1-2-6-3;1-2;2-1-3;/h1-2H,(H,5,6)(H,7,8);1H,2H2;2H3;/q;2*-1;+3/p-1. The van der Waals surface area contributed by atoms with Crippen molar-refractivity contribution in [2.24, 2.45) is 0 Å². The van der Waals surface area contributed by atoms with E-state index in [4.69, 9.17) is 5.26 Å². The number of carboxylic acid groups (broad SMARTS) is 1. The molecule has 0 aliphatic carbocycles. The second-order valence-corrected chi connectivity index (χ2v) is 1.23. The first kappa shape index (κ1) is 18.3. The van der Waals surface area contributed by atoms with E-state index in [9.17, 15) is 9.90 Å². The number of carbonyl (C=O) groups is 1. The van der Waals surface area contributed by atoms with E-state index in [1.165, 1.54) is 12.4 Å². The Labute approximate surface area is 93.7 Å². The van der Waals surface area contributed by atoms with Crippen molar-refractivity contribution in [2.45, 2.75) is 0 Å². The summed E-state index contributed by atoms with van der Waals surface area (Å²) in [7, 11) is 0.0694. The van der Waals surface area contributed by atoms with E-state index in [1.807, 2.05) is 5.97 Å². The molecule has 0 fully saturated rings. The van der Waals surface area contributed by atoms with E-state index in [0.717, 1.165) is 0 Å². The fourth-order valence-corrected chi connectivity index (χ4v) is 0.377. The van der Waals surface area contributed by atoms with Gasteiger partial charge in [-0.05, 0) is 0 Å². The second kappa shape index (κ2) is 14.0. The number of H-pyrrole nitrogens is 1. The Hall–Kier alpha value is -1.51. The Bertz CT molecular complexity index is 271. The molecular weight excluding hydrogens is 224 g/mol. The molecule has 0 aromatic carbocycles. The quantitative estimate of drug-likeness (QED) is 0.457. The van der Waals surface area contributed by atoms with Crippen LogP contribution in [0.25, 0.3) is 0 Å². The first-order valence-electron chi connectivity index (χ1n) is 2.64. The molecule has 0 saturated heterocycles. The number of rotatable bonds is 1. The number of nitrogens with zero attached hydrogens (tertiary/aromatic N) is 2. The predicted molar refractivity (Wildman–Crippen MR) is 48.4 cm³/mol. The number of hydrogen-bond acceptors (Lipinski definition) is 4. The van der Waals surface area contributed by atoms with Crippen molar-refractivity contribution in [3.8, 4) is 5.97 Å². The van der Waals surface area contributed by atoms with E-state index in [2.05, 4.69) is 23.1 Å². The third-order valence-corrected chi connectivity index (χ3v) is 0.692. The average molecular weight is 233 g/mol. The number of carbonyl (C=O) groups excluding carboxylic acids is 1. The number of carboxylic acids is 1. The van der Waals surface area contributed by atoms with Gasteiger partial charge in [-0.15, -0.1) is 0 Å². The van der Waals surface area contributed by atoms with Gasteiger partial charge in [0.05, 0.1) is 7.85 Å². The molecule has 14 heavy (non-hydrogen) atoms. The maximum Gasteiger partial charge on any atom is 3.00 e. The van der Waals surface area contributed by atoms with Gasteiger partial charge in [0.15, 0.2) is 5.82 Å². The van der Waals surface area contributed by atoms with Crippen molar-refractivity contribution in [3.63, 3.8) is 0 Å². The molecule has 7 heteroatoms. The molecule has 1 N–H and O–H groups in total. The van der Waals surface area contributed by atoms with Crippen molar-refractivity contribution in [2.75, 3.05) is 0 Å². The third-order valence-electron chi connectivity index (χ3n) is 0.692. The molecule has 1 aromatic heterocycles. The Morgan fingerprint density at radius 2 is 2.21 bits per heavy atom. The van der Waals surface area contributed by atoms with Gasteiger partial charge >= 0.3 is 17.1 Å². The molecule has 0 bridgehead atoms. The van der Waals surface area contributed by atoms with Gasteiger partial charge in [-0.2, -0.15) is 5.97 Å². The van der Waals surface area contributed by atoms with Crippen LogP contribution in [-0.2, 0) is 17.1 Å². The van der Waals surface area contributed by atoms with Crippen LogP contribution in [0.15, 0.2) is 19.0 Å². The van der Waals surface area contributed by atoms with Gasteiger partial charge in [0, 0.05) is 12.4 Å². The summed E-state index contributed by atoms with van der Waals surface area (Å²) in [6, 6.07) is 0. The number of hydrogen-bond donors (Lipinski definition) is 1. The summed E-state index contributed by atoms with van der Waals surface area (Å²) in [6.45, 7) is 7.00. The van der Waals surface area contributed by atoms with Crippen molar-refractivity contribution in [1.82, 2.24) is 9.97 Å². The maximum absolute atomic E-state index is 9.86. The van der Waals surface area contributed by atoms with Crippen molar-refractivity contribution in [1.29, 1.82) is 5.26 Å². The Morgan fingerprint density at radius 1 is 1.79 bits per heavy atom. The summed E-state index contributed by atoms with van der Waals surface area (Å²) >= 11 is 0. The van der Waals surface area contributed by atoms with Crippen LogP contribution in [0.4, 0.5) is 0 Å². The van der Waals surface area contributed by atoms with Crippen LogP contribution in [0.5, 0.6) is 0 Å². The summed E-state index contributed by atoms with van der Waals surface area (Å²) in [5.41, 5.74) is 0. The van der Waals surface area contributed by atoms with E-state index < -0.39 is 5.97 Å². The first-order valence-corrected chi connectivity index (χ1v) is 2.64. The van der Waals surface area contributed by atoms with E-state index >= 15 is 0 Å². The van der Waals surface area contributed by atoms with Crippen LogP contribution in [0.1, 0.15) is 10.6 Å². The zero-order valence-electron chi connectivity index (χ0n) is 6.53. The molecule has 0 unspecified atom stereocenters. The van der Waals surface area contributed by atoms with E-state index in [-0.39, 0.29) is 30.7 Å². The Morgan fingerprint density at radius 3 is 2.36 bits per heavy atom. The van der Waals surface area contributed by atoms with Gasteiger partial charge in [-0.1, -0.05) is 0 Å². The van der Waals surface area contributed by atoms with Crippen LogP contribution >= 0.6 is 0 Å².